The van der Waals surface area contributed by atoms with E-state index in [2.05, 4.69) is 30.2 Å². The second-order valence-corrected chi connectivity index (χ2v) is 5.66. The number of carbonyl (C=O) groups is 1. The van der Waals surface area contributed by atoms with Crippen LogP contribution in [0.1, 0.15) is 23.2 Å². The molecule has 0 spiro atoms. The number of imidazole rings is 1. The second kappa shape index (κ2) is 5.88. The molecule has 122 valence electrons. The summed E-state index contributed by atoms with van der Waals surface area (Å²) in [5.74, 6) is -0.256. The zero-order valence-electron chi connectivity index (χ0n) is 12.8. The van der Waals surface area contributed by atoms with Crippen molar-refractivity contribution >= 4 is 28.4 Å². The average Bonchev–Trinajstić information content (AvgIpc) is 3.25. The molecule has 1 aromatic carbocycles. The van der Waals surface area contributed by atoms with Crippen LogP contribution < -0.4 is 10.2 Å². The minimum atomic E-state index is -0.499. The number of nitrogens with one attached hydrogen (secondary N) is 2. The van der Waals surface area contributed by atoms with Crippen LogP contribution in [0, 0.1) is 5.82 Å². The van der Waals surface area contributed by atoms with Crippen LogP contribution >= 0.6 is 0 Å². The van der Waals surface area contributed by atoms with Crippen LogP contribution in [0.5, 0.6) is 0 Å². The number of aromatic nitrogens is 4. The van der Waals surface area contributed by atoms with Crippen molar-refractivity contribution in [1.29, 1.82) is 0 Å². The number of aromatic amines is 1. The Bertz CT molecular complexity index is 902. The highest BCUT2D eigenvalue weighted by Gasteiger charge is 2.20. The molecule has 1 saturated heterocycles. The number of benzene rings is 1. The molecule has 0 aliphatic carbocycles. The van der Waals surface area contributed by atoms with Gasteiger partial charge in [-0.25, -0.2) is 19.3 Å². The van der Waals surface area contributed by atoms with E-state index in [1.54, 1.807) is 6.20 Å². The Morgan fingerprint density at radius 1 is 1.25 bits per heavy atom. The van der Waals surface area contributed by atoms with Gasteiger partial charge in [0, 0.05) is 13.1 Å². The van der Waals surface area contributed by atoms with Crippen molar-refractivity contribution in [2.45, 2.75) is 12.8 Å². The van der Waals surface area contributed by atoms with Crippen molar-refractivity contribution in [3.8, 4) is 0 Å². The fraction of sp³-hybridized carbons (Fsp3) is 0.250. The van der Waals surface area contributed by atoms with Crippen molar-refractivity contribution in [3.05, 3.63) is 42.4 Å². The number of hydrogen-bond donors (Lipinski definition) is 2. The first kappa shape index (κ1) is 14.6. The highest BCUT2D eigenvalue weighted by Crippen LogP contribution is 2.26. The number of fused-ring (bicyclic) bond motifs is 1. The smallest absolute Gasteiger partial charge is 0.258 e. The Hall–Kier alpha value is -3.03. The van der Waals surface area contributed by atoms with Crippen molar-refractivity contribution in [3.63, 3.8) is 0 Å². The molecule has 0 atom stereocenters. The van der Waals surface area contributed by atoms with Crippen LogP contribution in [-0.4, -0.2) is 38.9 Å². The maximum Gasteiger partial charge on any atom is 0.258 e. The summed E-state index contributed by atoms with van der Waals surface area (Å²) < 4.78 is 13.7. The molecule has 2 N–H and O–H groups in total. The third kappa shape index (κ3) is 2.55. The first-order valence-corrected chi connectivity index (χ1v) is 7.71. The zero-order chi connectivity index (χ0) is 16.5. The SMILES string of the molecule is O=C(Nc1cncnc1N1CCCC1)c1cc(F)cc2[nH]cnc12. The summed E-state index contributed by atoms with van der Waals surface area (Å²) in [5, 5.41) is 2.79. The largest absolute Gasteiger partial charge is 0.355 e. The van der Waals surface area contributed by atoms with E-state index in [4.69, 9.17) is 0 Å². The number of nitrogens with zero attached hydrogens (tertiary/aromatic N) is 4. The Morgan fingerprint density at radius 3 is 2.92 bits per heavy atom. The molecule has 8 heteroatoms. The summed E-state index contributed by atoms with van der Waals surface area (Å²) in [6.45, 7) is 1.78. The average molecular weight is 326 g/mol. The Balaban J connectivity index is 1.68. The van der Waals surface area contributed by atoms with Gasteiger partial charge in [-0.15, -0.1) is 0 Å². The van der Waals surface area contributed by atoms with Crippen LogP contribution in [0.3, 0.4) is 0 Å². The van der Waals surface area contributed by atoms with E-state index in [-0.39, 0.29) is 5.56 Å². The van der Waals surface area contributed by atoms with E-state index in [1.165, 1.54) is 24.8 Å². The second-order valence-electron chi connectivity index (χ2n) is 5.66. The molecule has 7 nitrogen and oxygen atoms in total. The standard InChI is InChI=1S/C16H15FN6O/c17-10-5-11(14-12(6-10)19-9-20-14)16(24)22-13-7-18-8-21-15(13)23-3-1-2-4-23/h5-9H,1-4H2,(H,19,20)(H,22,24). The van der Waals surface area contributed by atoms with Crippen LogP contribution in [0.2, 0.25) is 0 Å². The lowest BCUT2D eigenvalue weighted by atomic mass is 10.1. The molecule has 3 aromatic rings. The van der Waals surface area contributed by atoms with Gasteiger partial charge in [-0.2, -0.15) is 0 Å². The predicted molar refractivity (Wildman–Crippen MR) is 87.5 cm³/mol. The Morgan fingerprint density at radius 2 is 2.08 bits per heavy atom. The van der Waals surface area contributed by atoms with Crippen molar-refractivity contribution in [1.82, 2.24) is 19.9 Å². The molecule has 2 aromatic heterocycles. The van der Waals surface area contributed by atoms with Crippen molar-refractivity contribution in [2.24, 2.45) is 0 Å². The molecule has 1 amide bonds. The molecule has 1 fully saturated rings. The van der Waals surface area contributed by atoms with Gasteiger partial charge >= 0.3 is 0 Å². The molecular formula is C16H15FN6O. The molecule has 0 saturated carbocycles. The summed E-state index contributed by atoms with van der Waals surface area (Å²) >= 11 is 0. The number of rotatable bonds is 3. The quantitative estimate of drug-likeness (QED) is 0.771. The Kier molecular flexibility index (Phi) is 3.56. The molecule has 1 aliphatic heterocycles. The molecule has 1 aliphatic rings. The van der Waals surface area contributed by atoms with E-state index in [1.807, 2.05) is 0 Å². The van der Waals surface area contributed by atoms with Gasteiger partial charge in [0.1, 0.15) is 23.3 Å². The number of halogens is 1. The van der Waals surface area contributed by atoms with Gasteiger partial charge in [0.05, 0.1) is 23.6 Å². The number of H-pyrrole nitrogens is 1. The van der Waals surface area contributed by atoms with E-state index in [9.17, 15) is 9.18 Å². The lowest BCUT2D eigenvalue weighted by molar-refractivity contribution is 0.102. The van der Waals surface area contributed by atoms with Crippen LogP contribution in [0.15, 0.2) is 31.0 Å². The van der Waals surface area contributed by atoms with Gasteiger partial charge in [-0.3, -0.25) is 4.79 Å². The third-order valence-corrected chi connectivity index (χ3v) is 4.08. The first-order valence-electron chi connectivity index (χ1n) is 7.71. The fourth-order valence-corrected chi connectivity index (χ4v) is 2.97. The summed E-state index contributed by atoms with van der Waals surface area (Å²) in [6.07, 6.45) is 6.63. The third-order valence-electron chi connectivity index (χ3n) is 4.08. The van der Waals surface area contributed by atoms with Gasteiger partial charge in [0.25, 0.3) is 5.91 Å². The molecule has 4 rings (SSSR count). The predicted octanol–water partition coefficient (Wildman–Crippen LogP) is 2.34. The molecule has 24 heavy (non-hydrogen) atoms. The van der Waals surface area contributed by atoms with E-state index < -0.39 is 11.7 Å². The monoisotopic (exact) mass is 326 g/mol. The van der Waals surface area contributed by atoms with Gasteiger partial charge < -0.3 is 15.2 Å². The fourth-order valence-electron chi connectivity index (χ4n) is 2.97. The molecule has 0 unspecified atom stereocenters. The summed E-state index contributed by atoms with van der Waals surface area (Å²) in [7, 11) is 0. The van der Waals surface area contributed by atoms with Gasteiger partial charge in [0.2, 0.25) is 0 Å². The number of anilines is 2. The van der Waals surface area contributed by atoms with Gasteiger partial charge in [0.15, 0.2) is 5.82 Å². The van der Waals surface area contributed by atoms with E-state index in [0.29, 0.717) is 22.5 Å². The zero-order valence-corrected chi connectivity index (χ0v) is 12.8. The topological polar surface area (TPSA) is 86.8 Å². The molecular weight excluding hydrogens is 311 g/mol. The highest BCUT2D eigenvalue weighted by atomic mass is 19.1. The van der Waals surface area contributed by atoms with Crippen molar-refractivity contribution < 1.29 is 9.18 Å². The maximum atomic E-state index is 13.7. The molecule has 3 heterocycles. The van der Waals surface area contributed by atoms with Gasteiger partial charge in [-0.05, 0) is 25.0 Å². The first-order chi connectivity index (χ1) is 11.7. The maximum absolute atomic E-state index is 13.7. The normalized spacial score (nSPS) is 14.3. The Labute approximate surface area is 136 Å². The minimum absolute atomic E-state index is 0.169. The number of amides is 1. The highest BCUT2D eigenvalue weighted by molar-refractivity contribution is 6.12. The lowest BCUT2D eigenvalue weighted by Crippen LogP contribution is -2.22. The van der Waals surface area contributed by atoms with Crippen LogP contribution in [0.4, 0.5) is 15.9 Å². The summed E-state index contributed by atoms with van der Waals surface area (Å²) in [5.41, 5.74) is 1.58. The lowest BCUT2D eigenvalue weighted by Gasteiger charge is -2.19. The number of hydrogen-bond acceptors (Lipinski definition) is 5. The summed E-state index contributed by atoms with van der Waals surface area (Å²) in [6, 6.07) is 2.48. The number of carbonyl (C=O) groups excluding carboxylic acids is 1. The molecule has 0 radical (unpaired) electrons. The van der Waals surface area contributed by atoms with Crippen LogP contribution in [0.25, 0.3) is 11.0 Å². The van der Waals surface area contributed by atoms with E-state index in [0.717, 1.165) is 25.9 Å². The van der Waals surface area contributed by atoms with E-state index >= 15 is 0 Å². The van der Waals surface area contributed by atoms with Crippen LogP contribution in [-0.2, 0) is 0 Å². The summed E-state index contributed by atoms with van der Waals surface area (Å²) in [4.78, 5) is 29.9. The molecule has 0 bridgehead atoms. The minimum Gasteiger partial charge on any atom is -0.355 e. The van der Waals surface area contributed by atoms with Gasteiger partial charge in [-0.1, -0.05) is 0 Å². The van der Waals surface area contributed by atoms with Crippen molar-refractivity contribution in [2.75, 3.05) is 23.3 Å².